The van der Waals surface area contributed by atoms with Gasteiger partial charge in [0.25, 0.3) is 5.91 Å². The molecule has 20 heavy (non-hydrogen) atoms. The summed E-state index contributed by atoms with van der Waals surface area (Å²) in [5.74, 6) is -0.607. The molecule has 2 rings (SSSR count). The lowest BCUT2D eigenvalue weighted by atomic mass is 10.1. The maximum absolute atomic E-state index is 11.8. The van der Waals surface area contributed by atoms with Crippen LogP contribution in [0.4, 0.5) is 0 Å². The van der Waals surface area contributed by atoms with Gasteiger partial charge in [-0.1, -0.05) is 19.0 Å². The van der Waals surface area contributed by atoms with Crippen LogP contribution < -0.4 is 5.32 Å². The first-order chi connectivity index (χ1) is 9.47. The third-order valence-electron chi connectivity index (χ3n) is 2.63. The van der Waals surface area contributed by atoms with Crippen molar-refractivity contribution < 1.29 is 23.6 Å². The fourth-order valence-corrected chi connectivity index (χ4v) is 1.51. The molecule has 2 heterocycles. The Morgan fingerprint density at radius 3 is 2.70 bits per heavy atom. The van der Waals surface area contributed by atoms with Crippen molar-refractivity contribution in [2.75, 3.05) is 0 Å². The molecule has 2 aromatic heterocycles. The zero-order valence-electron chi connectivity index (χ0n) is 11.0. The number of carbonyl (C=O) groups is 2. The van der Waals surface area contributed by atoms with Gasteiger partial charge in [-0.2, -0.15) is 0 Å². The molecule has 0 spiro atoms. The van der Waals surface area contributed by atoms with E-state index in [0.717, 1.165) is 0 Å². The predicted octanol–water partition coefficient (Wildman–Crippen LogP) is 2.02. The molecule has 0 aliphatic carbocycles. The highest BCUT2D eigenvalue weighted by molar-refractivity contribution is 5.92. The summed E-state index contributed by atoms with van der Waals surface area (Å²) in [7, 11) is 0. The summed E-state index contributed by atoms with van der Waals surface area (Å²) in [6, 6.07) is 4.40. The number of hydrogen-bond acceptors (Lipinski definition) is 5. The van der Waals surface area contributed by atoms with Crippen LogP contribution in [0.15, 0.2) is 27.1 Å². The van der Waals surface area contributed by atoms with Crippen LogP contribution in [0.5, 0.6) is 0 Å². The van der Waals surface area contributed by atoms with Gasteiger partial charge in [0.2, 0.25) is 5.76 Å². The number of rotatable bonds is 5. The van der Waals surface area contributed by atoms with Crippen molar-refractivity contribution >= 4 is 11.9 Å². The van der Waals surface area contributed by atoms with E-state index in [2.05, 4.69) is 10.5 Å². The molecule has 7 heteroatoms. The Bertz CT molecular complexity index is 626. The number of aromatic carboxylic acids is 1. The van der Waals surface area contributed by atoms with Crippen LogP contribution >= 0.6 is 0 Å². The van der Waals surface area contributed by atoms with Crippen LogP contribution in [0.25, 0.3) is 0 Å². The number of nitrogens with zero attached hydrogens (tertiary/aromatic N) is 1. The molecule has 0 radical (unpaired) electrons. The minimum Gasteiger partial charge on any atom is -0.475 e. The highest BCUT2D eigenvalue weighted by atomic mass is 16.5. The molecule has 0 aliphatic rings. The van der Waals surface area contributed by atoms with Crippen LogP contribution in [-0.4, -0.2) is 22.1 Å². The number of carboxylic acids is 1. The summed E-state index contributed by atoms with van der Waals surface area (Å²) in [5.41, 5.74) is 0.179. The number of aromatic nitrogens is 1. The molecule has 1 amide bonds. The molecule has 2 aromatic rings. The molecular weight excluding hydrogens is 264 g/mol. The lowest BCUT2D eigenvalue weighted by Gasteiger charge is -1.99. The van der Waals surface area contributed by atoms with E-state index in [4.69, 9.17) is 14.0 Å². The quantitative estimate of drug-likeness (QED) is 0.866. The van der Waals surface area contributed by atoms with Gasteiger partial charge in [-0.25, -0.2) is 4.79 Å². The molecule has 0 saturated carbocycles. The second-order valence-corrected chi connectivity index (χ2v) is 4.52. The molecule has 2 N–H and O–H groups in total. The second kappa shape index (κ2) is 5.60. The fraction of sp³-hybridized carbons (Fsp3) is 0.308. The van der Waals surface area contributed by atoms with E-state index < -0.39 is 11.9 Å². The first kappa shape index (κ1) is 13.9. The Morgan fingerprint density at radius 1 is 1.40 bits per heavy atom. The highest BCUT2D eigenvalue weighted by Crippen LogP contribution is 2.15. The maximum atomic E-state index is 11.8. The SMILES string of the molecule is CC(C)c1cc(C(=O)NCc2ccc(C(=O)O)o2)no1. The van der Waals surface area contributed by atoms with Crippen LogP contribution in [-0.2, 0) is 6.54 Å². The van der Waals surface area contributed by atoms with Gasteiger partial charge in [0.15, 0.2) is 5.69 Å². The van der Waals surface area contributed by atoms with E-state index in [1.165, 1.54) is 12.1 Å². The van der Waals surface area contributed by atoms with Gasteiger partial charge in [-0.15, -0.1) is 0 Å². The van der Waals surface area contributed by atoms with Crippen molar-refractivity contribution in [1.82, 2.24) is 10.5 Å². The molecular formula is C13H14N2O5. The average molecular weight is 278 g/mol. The zero-order chi connectivity index (χ0) is 14.7. The number of amides is 1. The Kier molecular flexibility index (Phi) is 3.88. The third-order valence-corrected chi connectivity index (χ3v) is 2.63. The minimum atomic E-state index is -1.15. The lowest BCUT2D eigenvalue weighted by molar-refractivity contribution is 0.0660. The summed E-state index contributed by atoms with van der Waals surface area (Å²) < 4.78 is 10.0. The second-order valence-electron chi connectivity index (χ2n) is 4.52. The average Bonchev–Trinajstić information content (AvgIpc) is 3.05. The number of carbonyl (C=O) groups excluding carboxylic acids is 1. The third kappa shape index (κ3) is 3.05. The van der Waals surface area contributed by atoms with Crippen molar-refractivity contribution in [2.24, 2.45) is 0 Å². The number of nitrogens with one attached hydrogen (secondary N) is 1. The number of furan rings is 1. The van der Waals surface area contributed by atoms with E-state index >= 15 is 0 Å². The summed E-state index contributed by atoms with van der Waals surface area (Å²) in [4.78, 5) is 22.4. The minimum absolute atomic E-state index is 0.0794. The molecule has 0 fully saturated rings. The van der Waals surface area contributed by atoms with E-state index in [1.807, 2.05) is 13.8 Å². The molecule has 0 atom stereocenters. The van der Waals surface area contributed by atoms with Gasteiger partial charge in [-0.05, 0) is 12.1 Å². The molecule has 0 saturated heterocycles. The van der Waals surface area contributed by atoms with Crippen LogP contribution in [0.2, 0.25) is 0 Å². The van der Waals surface area contributed by atoms with Gasteiger partial charge < -0.3 is 19.4 Å². The van der Waals surface area contributed by atoms with Crippen molar-refractivity contribution in [2.45, 2.75) is 26.3 Å². The van der Waals surface area contributed by atoms with Crippen molar-refractivity contribution in [1.29, 1.82) is 0 Å². The van der Waals surface area contributed by atoms with E-state index in [0.29, 0.717) is 11.5 Å². The lowest BCUT2D eigenvalue weighted by Crippen LogP contribution is -2.22. The monoisotopic (exact) mass is 278 g/mol. The molecule has 0 unspecified atom stereocenters. The molecule has 106 valence electrons. The Balaban J connectivity index is 1.95. The predicted molar refractivity (Wildman–Crippen MR) is 67.4 cm³/mol. The number of hydrogen-bond donors (Lipinski definition) is 2. The smallest absolute Gasteiger partial charge is 0.371 e. The van der Waals surface area contributed by atoms with Crippen molar-refractivity contribution in [3.8, 4) is 0 Å². The van der Waals surface area contributed by atoms with Gasteiger partial charge in [0.1, 0.15) is 11.5 Å². The largest absolute Gasteiger partial charge is 0.475 e. The van der Waals surface area contributed by atoms with Gasteiger partial charge in [0, 0.05) is 12.0 Å². The summed E-state index contributed by atoms with van der Waals surface area (Å²) in [6.45, 7) is 3.94. The highest BCUT2D eigenvalue weighted by Gasteiger charge is 2.15. The molecule has 0 bridgehead atoms. The van der Waals surface area contributed by atoms with Crippen LogP contribution in [0.3, 0.4) is 0 Å². The van der Waals surface area contributed by atoms with E-state index in [-0.39, 0.29) is 23.9 Å². The first-order valence-corrected chi connectivity index (χ1v) is 6.04. The summed E-state index contributed by atoms with van der Waals surface area (Å²) in [5, 5.41) is 14.9. The number of carboxylic acid groups (broad SMARTS) is 1. The van der Waals surface area contributed by atoms with Crippen molar-refractivity contribution in [3.05, 3.63) is 41.2 Å². The summed E-state index contributed by atoms with van der Waals surface area (Å²) >= 11 is 0. The van der Waals surface area contributed by atoms with Crippen LogP contribution in [0, 0.1) is 0 Å². The molecule has 7 nitrogen and oxygen atoms in total. The molecule has 0 aliphatic heterocycles. The fourth-order valence-electron chi connectivity index (χ4n) is 1.51. The van der Waals surface area contributed by atoms with Gasteiger partial charge in [-0.3, -0.25) is 4.79 Å². The Hall–Kier alpha value is -2.57. The maximum Gasteiger partial charge on any atom is 0.371 e. The standard InChI is InChI=1S/C13H14N2O5/c1-7(2)11-5-9(15-20-11)12(16)14-6-8-3-4-10(19-8)13(17)18/h3-5,7H,6H2,1-2H3,(H,14,16)(H,17,18). The van der Waals surface area contributed by atoms with Crippen molar-refractivity contribution in [3.63, 3.8) is 0 Å². The Labute approximate surface area is 114 Å². The van der Waals surface area contributed by atoms with E-state index in [1.54, 1.807) is 6.07 Å². The van der Waals surface area contributed by atoms with Gasteiger partial charge >= 0.3 is 5.97 Å². The zero-order valence-corrected chi connectivity index (χ0v) is 11.0. The molecule has 0 aromatic carbocycles. The topological polar surface area (TPSA) is 106 Å². The normalized spacial score (nSPS) is 10.8. The first-order valence-electron chi connectivity index (χ1n) is 6.04. The summed E-state index contributed by atoms with van der Waals surface area (Å²) in [6.07, 6.45) is 0. The Morgan fingerprint density at radius 2 is 2.15 bits per heavy atom. The van der Waals surface area contributed by atoms with Gasteiger partial charge in [0.05, 0.1) is 6.54 Å². The van der Waals surface area contributed by atoms with Crippen LogP contribution in [0.1, 0.15) is 52.3 Å². The van der Waals surface area contributed by atoms with E-state index in [9.17, 15) is 9.59 Å².